The van der Waals surface area contributed by atoms with Crippen molar-refractivity contribution in [3.05, 3.63) is 38.8 Å². The van der Waals surface area contributed by atoms with Crippen LogP contribution in [-0.4, -0.2) is 97.3 Å². The van der Waals surface area contributed by atoms with Crippen LogP contribution in [0.2, 0.25) is 0 Å². The van der Waals surface area contributed by atoms with Crippen molar-refractivity contribution in [1.29, 1.82) is 0 Å². The molecule has 4 aliphatic rings. The third kappa shape index (κ3) is 5.54. The Labute approximate surface area is 247 Å². The molecule has 228 valence electrons. The van der Waals surface area contributed by atoms with Crippen LogP contribution in [0, 0.1) is 11.8 Å². The second-order valence-electron chi connectivity index (χ2n) is 11.7. The van der Waals surface area contributed by atoms with Gasteiger partial charge in [0.05, 0.1) is 18.0 Å². The quantitative estimate of drug-likeness (QED) is 0.233. The van der Waals surface area contributed by atoms with Crippen LogP contribution >= 0.6 is 11.8 Å². The number of hydrogen-bond acceptors (Lipinski definition) is 9. The van der Waals surface area contributed by atoms with E-state index < -0.39 is 23.4 Å². The van der Waals surface area contributed by atoms with Crippen molar-refractivity contribution in [3.8, 4) is 5.75 Å². The van der Waals surface area contributed by atoms with Gasteiger partial charge in [0.1, 0.15) is 5.70 Å². The van der Waals surface area contributed by atoms with E-state index in [-0.39, 0.29) is 58.5 Å². The van der Waals surface area contributed by atoms with Crippen LogP contribution in [0.3, 0.4) is 0 Å². The van der Waals surface area contributed by atoms with Gasteiger partial charge in [0.15, 0.2) is 5.75 Å². The molecule has 0 aromatic carbocycles. The molecular weight excluding hydrogens is 564 g/mol. The molecule has 1 aromatic rings. The lowest BCUT2D eigenvalue weighted by Gasteiger charge is -2.47. The molecular formula is C28H38N6O7S. The van der Waals surface area contributed by atoms with E-state index in [1.54, 1.807) is 18.5 Å². The largest absolute Gasteiger partial charge is 0.503 e. The first-order chi connectivity index (χ1) is 19.9. The Morgan fingerprint density at radius 3 is 2.69 bits per heavy atom. The van der Waals surface area contributed by atoms with Crippen LogP contribution in [0.5, 0.6) is 5.75 Å². The normalized spacial score (nSPS) is 29.5. The van der Waals surface area contributed by atoms with Gasteiger partial charge in [0, 0.05) is 86.3 Å². The Bertz CT molecular complexity index is 1390. The number of thioether (sulfide) groups is 1. The lowest BCUT2D eigenvalue weighted by Crippen LogP contribution is -2.66. The van der Waals surface area contributed by atoms with Crippen molar-refractivity contribution >= 4 is 35.5 Å². The maximum atomic E-state index is 13.3. The molecule has 4 aliphatic heterocycles. The summed E-state index contributed by atoms with van der Waals surface area (Å²) in [7, 11) is 1.76. The van der Waals surface area contributed by atoms with Gasteiger partial charge in [-0.15, -0.1) is 11.8 Å². The number of carbonyl (C=O) groups is 4. The molecule has 3 amide bonds. The fourth-order valence-electron chi connectivity index (χ4n) is 6.70. The predicted octanol–water partition coefficient (Wildman–Crippen LogP) is -0.457. The van der Waals surface area contributed by atoms with E-state index in [4.69, 9.17) is 0 Å². The van der Waals surface area contributed by atoms with Crippen LogP contribution < -0.4 is 21.4 Å². The van der Waals surface area contributed by atoms with Crippen LogP contribution in [0.15, 0.2) is 27.7 Å². The molecule has 0 saturated carbocycles. The standard InChI is InChI=1S/C28H38N6O7S/c1-13-23-22(14(2)31-15(3)35)27(39)34(23)24(28(40)41)25(13)42-18-8-19(30-10-18)26(38)33-6-5-16(11-33)29-9-17-7-20(36)21(37)12-32(17)4/h7,12-14,16,18-19,22-23,29-30,37H,5-6,8-11H2,1-4H3,(H,31,35)(H,40,41)/t13-,14-,16+,18+,19?,22-,23-/m1/s1. The summed E-state index contributed by atoms with van der Waals surface area (Å²) in [6.45, 7) is 7.21. The molecule has 0 bridgehead atoms. The third-order valence-electron chi connectivity index (χ3n) is 8.83. The van der Waals surface area contributed by atoms with Crippen molar-refractivity contribution < 1.29 is 29.4 Å². The number of carboxylic acid groups (broad SMARTS) is 1. The van der Waals surface area contributed by atoms with Gasteiger partial charge >= 0.3 is 5.97 Å². The molecule has 1 unspecified atom stereocenters. The number of aromatic hydroxyl groups is 1. The molecule has 0 aliphatic carbocycles. The highest BCUT2D eigenvalue weighted by Gasteiger charge is 2.60. The summed E-state index contributed by atoms with van der Waals surface area (Å²) < 4.78 is 1.69. The van der Waals surface area contributed by atoms with Gasteiger partial charge in [-0.2, -0.15) is 0 Å². The van der Waals surface area contributed by atoms with Gasteiger partial charge in [-0.25, -0.2) is 4.79 Å². The van der Waals surface area contributed by atoms with E-state index in [0.717, 1.165) is 12.1 Å². The monoisotopic (exact) mass is 602 g/mol. The number of carbonyl (C=O) groups excluding carboxylic acids is 3. The Hall–Kier alpha value is -3.36. The number of aliphatic carboxylic acids is 1. The minimum absolute atomic E-state index is 0.00883. The molecule has 5 rings (SSSR count). The van der Waals surface area contributed by atoms with Gasteiger partial charge in [-0.3, -0.25) is 19.2 Å². The Morgan fingerprint density at radius 1 is 1.26 bits per heavy atom. The van der Waals surface area contributed by atoms with Crippen molar-refractivity contribution in [1.82, 2.24) is 30.3 Å². The van der Waals surface area contributed by atoms with Crippen molar-refractivity contribution in [2.24, 2.45) is 18.9 Å². The van der Waals surface area contributed by atoms with Crippen molar-refractivity contribution in [2.45, 2.75) is 69.6 Å². The lowest BCUT2D eigenvalue weighted by molar-refractivity contribution is -0.158. The van der Waals surface area contributed by atoms with Gasteiger partial charge < -0.3 is 40.5 Å². The molecule has 7 atom stereocenters. The smallest absolute Gasteiger partial charge is 0.353 e. The number of likely N-dealkylation sites (tertiary alicyclic amines) is 1. The molecule has 13 nitrogen and oxygen atoms in total. The molecule has 1 aromatic heterocycles. The number of rotatable bonds is 9. The van der Waals surface area contributed by atoms with E-state index in [0.29, 0.717) is 37.5 Å². The van der Waals surface area contributed by atoms with Gasteiger partial charge in [-0.05, 0) is 19.8 Å². The summed E-state index contributed by atoms with van der Waals surface area (Å²) in [6.07, 6.45) is 2.70. The number of hydrogen-bond donors (Lipinski definition) is 5. The first-order valence-electron chi connectivity index (χ1n) is 14.3. The SMILES string of the molecule is CC(=O)N[C@H](C)[C@H]1C(=O)N2C(C(=O)O)=C(S[C@@H]3CNC(C(=O)N4CC[C@H](NCc5cc(=O)c(O)cn5C)C4)C3)[C@H](C)[C@H]12. The first kappa shape index (κ1) is 30.1. The molecule has 3 fully saturated rings. The number of aryl methyl sites for hydroxylation is 1. The molecule has 42 heavy (non-hydrogen) atoms. The Kier molecular flexibility index (Phi) is 8.41. The number of nitrogens with zero attached hydrogens (tertiary/aromatic N) is 3. The van der Waals surface area contributed by atoms with E-state index in [1.807, 2.05) is 11.8 Å². The molecule has 0 spiro atoms. The number of aromatic nitrogens is 1. The Morgan fingerprint density at radius 2 is 2.00 bits per heavy atom. The number of pyridine rings is 1. The zero-order chi connectivity index (χ0) is 30.5. The van der Waals surface area contributed by atoms with Crippen LogP contribution in [0.1, 0.15) is 39.3 Å². The molecule has 5 heterocycles. The highest BCUT2D eigenvalue weighted by atomic mass is 32.2. The van der Waals surface area contributed by atoms with Gasteiger partial charge in [0.25, 0.3) is 0 Å². The van der Waals surface area contributed by atoms with E-state index in [9.17, 15) is 34.2 Å². The van der Waals surface area contributed by atoms with E-state index in [1.165, 1.54) is 35.8 Å². The van der Waals surface area contributed by atoms with Crippen LogP contribution in [0.25, 0.3) is 0 Å². The first-order valence-corrected chi connectivity index (χ1v) is 15.1. The average Bonchev–Trinajstić information content (AvgIpc) is 3.63. The van der Waals surface area contributed by atoms with E-state index >= 15 is 0 Å². The molecule has 5 N–H and O–H groups in total. The van der Waals surface area contributed by atoms with Crippen molar-refractivity contribution in [2.75, 3.05) is 19.6 Å². The minimum Gasteiger partial charge on any atom is -0.503 e. The lowest BCUT2D eigenvalue weighted by atomic mass is 9.78. The topological polar surface area (TPSA) is 173 Å². The summed E-state index contributed by atoms with van der Waals surface area (Å²) in [4.78, 5) is 65.8. The van der Waals surface area contributed by atoms with Crippen molar-refractivity contribution in [3.63, 3.8) is 0 Å². The fraction of sp³-hybridized carbons (Fsp3) is 0.607. The number of β-lactam (4-membered cyclic amide) rings is 1. The summed E-state index contributed by atoms with van der Waals surface area (Å²) in [5, 5.41) is 29.0. The zero-order valence-electron chi connectivity index (χ0n) is 24.1. The van der Waals surface area contributed by atoms with Gasteiger partial charge in [-0.1, -0.05) is 6.92 Å². The highest BCUT2D eigenvalue weighted by Crippen LogP contribution is 2.51. The molecule has 14 heteroatoms. The summed E-state index contributed by atoms with van der Waals surface area (Å²) in [5.74, 6) is -2.64. The summed E-state index contributed by atoms with van der Waals surface area (Å²) in [6, 6.07) is 0.370. The second kappa shape index (κ2) is 11.7. The predicted molar refractivity (Wildman–Crippen MR) is 154 cm³/mol. The Balaban J connectivity index is 1.17. The fourth-order valence-corrected chi connectivity index (χ4v) is 8.18. The highest BCUT2D eigenvalue weighted by molar-refractivity contribution is 8.03. The van der Waals surface area contributed by atoms with Gasteiger partial charge in [0.2, 0.25) is 23.2 Å². The number of nitrogens with one attached hydrogen (secondary N) is 3. The number of carboxylic acids is 1. The molecule has 3 saturated heterocycles. The van der Waals surface area contributed by atoms with Crippen LogP contribution in [-0.2, 0) is 32.8 Å². The maximum absolute atomic E-state index is 13.3. The minimum atomic E-state index is -1.15. The summed E-state index contributed by atoms with van der Waals surface area (Å²) in [5.41, 5.74) is 0.323. The number of fused-ring (bicyclic) bond motifs is 1. The second-order valence-corrected chi connectivity index (χ2v) is 13.1. The maximum Gasteiger partial charge on any atom is 0.353 e. The third-order valence-corrected chi connectivity index (χ3v) is 10.3. The number of amides is 3. The average molecular weight is 603 g/mol. The summed E-state index contributed by atoms with van der Waals surface area (Å²) >= 11 is 1.44. The van der Waals surface area contributed by atoms with Crippen LogP contribution in [0.4, 0.5) is 0 Å². The zero-order valence-corrected chi connectivity index (χ0v) is 24.9. The van der Waals surface area contributed by atoms with E-state index in [2.05, 4.69) is 16.0 Å². The molecule has 0 radical (unpaired) electrons.